The van der Waals surface area contributed by atoms with Gasteiger partial charge in [0.1, 0.15) is 5.75 Å². The van der Waals surface area contributed by atoms with E-state index in [1.807, 2.05) is 18.2 Å². The first-order chi connectivity index (χ1) is 13.1. The van der Waals surface area contributed by atoms with Gasteiger partial charge >= 0.3 is 0 Å². The molecule has 0 saturated carbocycles. The van der Waals surface area contributed by atoms with E-state index < -0.39 is 0 Å². The Kier molecular flexibility index (Phi) is 5.13. The summed E-state index contributed by atoms with van der Waals surface area (Å²) in [6.07, 6.45) is 5.30. The van der Waals surface area contributed by atoms with E-state index in [-0.39, 0.29) is 11.3 Å². The monoisotopic (exact) mass is 402 g/mol. The molecule has 1 spiro atoms. The average molecular weight is 403 g/mol. The number of ether oxygens (including phenoxy) is 1. The van der Waals surface area contributed by atoms with Crippen molar-refractivity contribution in [1.29, 1.82) is 0 Å². The van der Waals surface area contributed by atoms with Gasteiger partial charge in [0, 0.05) is 22.7 Å². The van der Waals surface area contributed by atoms with Crippen LogP contribution in [0.3, 0.4) is 0 Å². The molecule has 0 unspecified atom stereocenters. The normalized spacial score (nSPS) is 17.7. The van der Waals surface area contributed by atoms with Crippen LogP contribution in [-0.4, -0.2) is 25.6 Å². The number of fused-ring (bicyclic) bond motifs is 2. The summed E-state index contributed by atoms with van der Waals surface area (Å²) in [4.78, 5) is 12.3. The highest BCUT2D eigenvalue weighted by molar-refractivity contribution is 6.42. The van der Waals surface area contributed by atoms with Gasteiger partial charge in [0.15, 0.2) is 0 Å². The van der Waals surface area contributed by atoms with Crippen molar-refractivity contribution in [3.63, 3.8) is 0 Å². The number of halogens is 2. The zero-order chi connectivity index (χ0) is 18.9. The van der Waals surface area contributed by atoms with Gasteiger partial charge in [0.25, 0.3) is 0 Å². The number of hydrogen-bond acceptors (Lipinski definition) is 3. The van der Waals surface area contributed by atoms with Gasteiger partial charge in [-0.3, -0.25) is 4.79 Å². The zero-order valence-electron chi connectivity index (χ0n) is 14.7. The molecule has 4 nitrogen and oxygen atoms in total. The first-order valence-corrected chi connectivity index (χ1v) is 9.74. The van der Waals surface area contributed by atoms with Crippen molar-refractivity contribution < 1.29 is 9.53 Å². The molecular formula is C21H20Cl2N2O2. The summed E-state index contributed by atoms with van der Waals surface area (Å²) in [6, 6.07) is 11.1. The van der Waals surface area contributed by atoms with Crippen LogP contribution in [0.15, 0.2) is 42.5 Å². The minimum atomic E-state index is -0.195. The fourth-order valence-electron chi connectivity index (χ4n) is 3.73. The highest BCUT2D eigenvalue weighted by Crippen LogP contribution is 2.45. The van der Waals surface area contributed by atoms with Gasteiger partial charge in [0.05, 0.1) is 16.7 Å². The highest BCUT2D eigenvalue weighted by Gasteiger charge is 2.41. The maximum absolute atomic E-state index is 12.3. The number of benzene rings is 2. The van der Waals surface area contributed by atoms with Crippen molar-refractivity contribution >= 4 is 40.9 Å². The molecule has 1 fully saturated rings. The number of carbonyl (C=O) groups excluding carboxylic acids is 1. The molecule has 2 aromatic rings. The Balaban J connectivity index is 1.48. The van der Waals surface area contributed by atoms with Crippen molar-refractivity contribution in [2.24, 2.45) is 0 Å². The Morgan fingerprint density at radius 2 is 1.93 bits per heavy atom. The van der Waals surface area contributed by atoms with E-state index in [1.165, 1.54) is 11.6 Å². The number of anilines is 1. The number of hydrogen-bond donors (Lipinski definition) is 2. The number of nitrogens with one attached hydrogen (secondary N) is 2. The van der Waals surface area contributed by atoms with Gasteiger partial charge in [-0.2, -0.15) is 0 Å². The van der Waals surface area contributed by atoms with Crippen molar-refractivity contribution in [2.75, 3.05) is 25.0 Å². The van der Waals surface area contributed by atoms with Crippen LogP contribution in [0.2, 0.25) is 10.0 Å². The molecule has 2 aliphatic heterocycles. The molecule has 0 radical (unpaired) electrons. The van der Waals surface area contributed by atoms with E-state index in [9.17, 15) is 4.79 Å². The lowest BCUT2D eigenvalue weighted by molar-refractivity contribution is -0.111. The van der Waals surface area contributed by atoms with Gasteiger partial charge in [0.2, 0.25) is 5.91 Å². The maximum Gasteiger partial charge on any atom is 0.248 e. The molecule has 6 heteroatoms. The van der Waals surface area contributed by atoms with Crippen molar-refractivity contribution in [2.45, 2.75) is 18.3 Å². The Morgan fingerprint density at radius 3 is 2.70 bits per heavy atom. The first-order valence-electron chi connectivity index (χ1n) is 8.98. The molecule has 0 aliphatic carbocycles. The molecule has 1 saturated heterocycles. The molecule has 0 bridgehead atoms. The third-order valence-corrected chi connectivity index (χ3v) is 5.99. The second-order valence-electron chi connectivity index (χ2n) is 7.03. The van der Waals surface area contributed by atoms with Crippen LogP contribution in [0.1, 0.15) is 24.0 Å². The molecule has 2 aromatic carbocycles. The summed E-state index contributed by atoms with van der Waals surface area (Å²) >= 11 is 11.9. The molecule has 2 heterocycles. The van der Waals surface area contributed by atoms with Gasteiger partial charge in [-0.15, -0.1) is 0 Å². The van der Waals surface area contributed by atoms with Crippen molar-refractivity contribution in [1.82, 2.24) is 5.32 Å². The molecule has 0 aromatic heterocycles. The van der Waals surface area contributed by atoms with E-state index in [1.54, 1.807) is 18.2 Å². The van der Waals surface area contributed by atoms with E-state index in [4.69, 9.17) is 27.9 Å². The highest BCUT2D eigenvalue weighted by atomic mass is 35.5. The number of amides is 1. The summed E-state index contributed by atoms with van der Waals surface area (Å²) in [5.41, 5.74) is 2.86. The van der Waals surface area contributed by atoms with Crippen LogP contribution in [0.4, 0.5) is 5.69 Å². The third kappa shape index (κ3) is 3.84. The second-order valence-corrected chi connectivity index (χ2v) is 7.84. The van der Waals surface area contributed by atoms with Gasteiger partial charge in [-0.05, 0) is 67.9 Å². The van der Waals surface area contributed by atoms with Crippen LogP contribution < -0.4 is 15.4 Å². The lowest BCUT2D eigenvalue weighted by Crippen LogP contribution is -2.41. The fraction of sp³-hybridized carbons (Fsp3) is 0.286. The minimum absolute atomic E-state index is 0.0667. The van der Waals surface area contributed by atoms with E-state index in [2.05, 4.69) is 16.7 Å². The number of rotatable bonds is 3. The lowest BCUT2D eigenvalue weighted by Gasteiger charge is -2.32. The Hall–Kier alpha value is -2.01. The molecule has 2 N–H and O–H groups in total. The number of carbonyl (C=O) groups is 1. The summed E-state index contributed by atoms with van der Waals surface area (Å²) in [6.45, 7) is 2.70. The Morgan fingerprint density at radius 1 is 1.11 bits per heavy atom. The maximum atomic E-state index is 12.3. The SMILES string of the molecule is O=C(/C=C/c1ccc(Cl)c(Cl)c1)Nc1ccc2c(c1)C1(CCNCC1)CO2. The Bertz CT molecular complexity index is 900. The molecule has 1 amide bonds. The smallest absolute Gasteiger partial charge is 0.248 e. The van der Waals surface area contributed by atoms with Crippen LogP contribution in [-0.2, 0) is 10.2 Å². The molecular weight excluding hydrogens is 383 g/mol. The second kappa shape index (κ2) is 7.55. The summed E-state index contributed by atoms with van der Waals surface area (Å²) in [5, 5.41) is 7.29. The molecule has 2 aliphatic rings. The van der Waals surface area contributed by atoms with E-state index in [0.717, 1.165) is 49.5 Å². The fourth-order valence-corrected chi connectivity index (χ4v) is 4.04. The first kappa shape index (κ1) is 18.4. The van der Waals surface area contributed by atoms with Crippen molar-refractivity contribution in [3.8, 4) is 5.75 Å². The standard InChI is InChI=1S/C21H20Cl2N2O2/c22-17-4-1-14(11-18(17)23)2-6-20(26)25-15-3-5-19-16(12-15)21(13-27-19)7-9-24-10-8-21/h1-6,11-12,24H,7-10,13H2,(H,25,26)/b6-2+. The number of piperidine rings is 1. The summed E-state index contributed by atoms with van der Waals surface area (Å²) in [5.74, 6) is 0.737. The van der Waals surface area contributed by atoms with Gasteiger partial charge in [-0.1, -0.05) is 29.3 Å². The quantitative estimate of drug-likeness (QED) is 0.733. The van der Waals surface area contributed by atoms with Gasteiger partial charge in [-0.25, -0.2) is 0 Å². The van der Waals surface area contributed by atoms with Crippen LogP contribution in [0.25, 0.3) is 6.08 Å². The van der Waals surface area contributed by atoms with Crippen LogP contribution in [0.5, 0.6) is 5.75 Å². The Labute approximate surface area is 168 Å². The van der Waals surface area contributed by atoms with Gasteiger partial charge < -0.3 is 15.4 Å². The molecule has 27 heavy (non-hydrogen) atoms. The largest absolute Gasteiger partial charge is 0.492 e. The molecule has 4 rings (SSSR count). The minimum Gasteiger partial charge on any atom is -0.492 e. The average Bonchev–Trinajstić information content (AvgIpc) is 3.01. The topological polar surface area (TPSA) is 50.4 Å². The molecule has 140 valence electrons. The molecule has 0 atom stereocenters. The lowest BCUT2D eigenvalue weighted by atomic mass is 9.75. The predicted molar refractivity (Wildman–Crippen MR) is 110 cm³/mol. The zero-order valence-corrected chi connectivity index (χ0v) is 16.2. The van der Waals surface area contributed by atoms with E-state index in [0.29, 0.717) is 10.0 Å². The summed E-state index contributed by atoms with van der Waals surface area (Å²) < 4.78 is 5.90. The van der Waals surface area contributed by atoms with Crippen LogP contribution >= 0.6 is 23.2 Å². The van der Waals surface area contributed by atoms with Crippen LogP contribution in [0, 0.1) is 0 Å². The predicted octanol–water partition coefficient (Wildman–Crippen LogP) is 4.66. The van der Waals surface area contributed by atoms with E-state index >= 15 is 0 Å². The van der Waals surface area contributed by atoms with Crippen molar-refractivity contribution in [3.05, 3.63) is 63.6 Å². The third-order valence-electron chi connectivity index (χ3n) is 5.25. The summed E-state index contributed by atoms with van der Waals surface area (Å²) in [7, 11) is 0.